The number of hydrogen-bond acceptors (Lipinski definition) is 3. The molecule has 1 unspecified atom stereocenters. The lowest BCUT2D eigenvalue weighted by molar-refractivity contribution is -0.00304. The normalized spacial score (nSPS) is 14.4. The van der Waals surface area contributed by atoms with Crippen molar-refractivity contribution in [3.63, 3.8) is 0 Å². The molecule has 1 N–H and O–H groups in total. The van der Waals surface area contributed by atoms with Gasteiger partial charge in [0.05, 0.1) is 19.3 Å². The molecule has 0 amide bonds. The van der Waals surface area contributed by atoms with Crippen LogP contribution in [0.4, 0.5) is 0 Å². The first-order chi connectivity index (χ1) is 6.45. The SMILES string of the molecule is CCOCC(C)OCCNC(C)(C)C. The van der Waals surface area contributed by atoms with E-state index in [9.17, 15) is 0 Å². The summed E-state index contributed by atoms with van der Waals surface area (Å²) < 4.78 is 10.8. The van der Waals surface area contributed by atoms with E-state index in [4.69, 9.17) is 9.47 Å². The Bertz CT molecular complexity index is 132. The lowest BCUT2D eigenvalue weighted by atomic mass is 10.1. The van der Waals surface area contributed by atoms with Crippen molar-refractivity contribution in [1.29, 1.82) is 0 Å². The van der Waals surface area contributed by atoms with Crippen LogP contribution in [0.1, 0.15) is 34.6 Å². The summed E-state index contributed by atoms with van der Waals surface area (Å²) in [4.78, 5) is 0. The lowest BCUT2D eigenvalue weighted by Crippen LogP contribution is -2.38. The van der Waals surface area contributed by atoms with E-state index in [1.54, 1.807) is 0 Å². The van der Waals surface area contributed by atoms with Gasteiger partial charge in [-0.15, -0.1) is 0 Å². The van der Waals surface area contributed by atoms with Gasteiger partial charge < -0.3 is 14.8 Å². The van der Waals surface area contributed by atoms with Gasteiger partial charge in [0.25, 0.3) is 0 Å². The van der Waals surface area contributed by atoms with E-state index in [1.807, 2.05) is 13.8 Å². The van der Waals surface area contributed by atoms with Crippen molar-refractivity contribution in [2.24, 2.45) is 0 Å². The maximum absolute atomic E-state index is 5.55. The Hall–Kier alpha value is -0.120. The first kappa shape index (κ1) is 13.9. The van der Waals surface area contributed by atoms with Crippen molar-refractivity contribution in [2.75, 3.05) is 26.4 Å². The standard InChI is InChI=1S/C11H25NO2/c1-6-13-9-10(2)14-8-7-12-11(3,4)5/h10,12H,6-9H2,1-5H3. The van der Waals surface area contributed by atoms with Crippen LogP contribution in [0.15, 0.2) is 0 Å². The molecule has 0 aromatic carbocycles. The van der Waals surface area contributed by atoms with Crippen LogP contribution in [-0.2, 0) is 9.47 Å². The lowest BCUT2D eigenvalue weighted by Gasteiger charge is -2.21. The molecular formula is C11H25NO2. The van der Waals surface area contributed by atoms with E-state index in [1.165, 1.54) is 0 Å². The summed E-state index contributed by atoms with van der Waals surface area (Å²) in [5.74, 6) is 0. The first-order valence-corrected chi connectivity index (χ1v) is 5.40. The summed E-state index contributed by atoms with van der Waals surface area (Å²) >= 11 is 0. The molecule has 0 rings (SSSR count). The maximum Gasteiger partial charge on any atom is 0.0781 e. The Kier molecular flexibility index (Phi) is 7.15. The van der Waals surface area contributed by atoms with Gasteiger partial charge in [-0.25, -0.2) is 0 Å². The topological polar surface area (TPSA) is 30.5 Å². The van der Waals surface area contributed by atoms with Gasteiger partial charge in [0.2, 0.25) is 0 Å². The number of rotatable bonds is 7. The fourth-order valence-electron chi connectivity index (χ4n) is 1.02. The molecule has 0 radical (unpaired) electrons. The summed E-state index contributed by atoms with van der Waals surface area (Å²) in [7, 11) is 0. The van der Waals surface area contributed by atoms with Crippen LogP contribution in [0, 0.1) is 0 Å². The maximum atomic E-state index is 5.55. The molecule has 0 heterocycles. The molecule has 1 atom stereocenters. The second-order valence-electron chi connectivity index (χ2n) is 4.52. The largest absolute Gasteiger partial charge is 0.379 e. The van der Waals surface area contributed by atoms with Crippen molar-refractivity contribution >= 4 is 0 Å². The minimum absolute atomic E-state index is 0.173. The molecule has 3 heteroatoms. The highest BCUT2D eigenvalue weighted by atomic mass is 16.5. The Morgan fingerprint density at radius 2 is 1.93 bits per heavy atom. The van der Waals surface area contributed by atoms with Crippen molar-refractivity contribution in [1.82, 2.24) is 5.32 Å². The molecule has 0 saturated carbocycles. The average molecular weight is 203 g/mol. The molecule has 0 bridgehead atoms. The van der Waals surface area contributed by atoms with Crippen LogP contribution >= 0.6 is 0 Å². The molecule has 14 heavy (non-hydrogen) atoms. The Balaban J connectivity index is 3.27. The molecule has 0 saturated heterocycles. The van der Waals surface area contributed by atoms with E-state index in [2.05, 4.69) is 26.1 Å². The van der Waals surface area contributed by atoms with Gasteiger partial charge in [0, 0.05) is 18.7 Å². The van der Waals surface area contributed by atoms with E-state index < -0.39 is 0 Å². The number of ether oxygens (including phenoxy) is 2. The second-order valence-corrected chi connectivity index (χ2v) is 4.52. The number of hydrogen-bond donors (Lipinski definition) is 1. The summed E-state index contributed by atoms with van der Waals surface area (Å²) in [5.41, 5.74) is 0.173. The highest BCUT2D eigenvalue weighted by Crippen LogP contribution is 1.97. The van der Waals surface area contributed by atoms with Gasteiger partial charge in [-0.1, -0.05) is 0 Å². The third-order valence-corrected chi connectivity index (χ3v) is 1.72. The number of nitrogens with one attached hydrogen (secondary N) is 1. The highest BCUT2D eigenvalue weighted by Gasteiger charge is 2.08. The Morgan fingerprint density at radius 1 is 1.29 bits per heavy atom. The summed E-state index contributed by atoms with van der Waals surface area (Å²) in [6, 6.07) is 0. The molecule has 86 valence electrons. The average Bonchev–Trinajstić information content (AvgIpc) is 2.07. The molecule has 0 aliphatic heterocycles. The fraction of sp³-hybridized carbons (Fsp3) is 1.00. The quantitative estimate of drug-likeness (QED) is 0.640. The molecule has 0 spiro atoms. The first-order valence-electron chi connectivity index (χ1n) is 5.40. The Labute approximate surface area is 88.2 Å². The van der Waals surface area contributed by atoms with E-state index in [0.29, 0.717) is 6.61 Å². The molecule has 0 aromatic rings. The third-order valence-electron chi connectivity index (χ3n) is 1.72. The van der Waals surface area contributed by atoms with Crippen molar-refractivity contribution < 1.29 is 9.47 Å². The zero-order chi connectivity index (χ0) is 11.0. The highest BCUT2D eigenvalue weighted by molar-refractivity contribution is 4.69. The van der Waals surface area contributed by atoms with Crippen LogP contribution in [-0.4, -0.2) is 38.0 Å². The van der Waals surface area contributed by atoms with Gasteiger partial charge in [0.1, 0.15) is 0 Å². The smallest absolute Gasteiger partial charge is 0.0781 e. The van der Waals surface area contributed by atoms with Gasteiger partial charge in [-0.05, 0) is 34.6 Å². The predicted octanol–water partition coefficient (Wildman–Crippen LogP) is 1.82. The molecular weight excluding hydrogens is 178 g/mol. The minimum Gasteiger partial charge on any atom is -0.379 e. The molecule has 0 aliphatic carbocycles. The molecule has 3 nitrogen and oxygen atoms in total. The monoisotopic (exact) mass is 203 g/mol. The Morgan fingerprint density at radius 3 is 2.43 bits per heavy atom. The van der Waals surface area contributed by atoms with Crippen LogP contribution in [0.2, 0.25) is 0 Å². The van der Waals surface area contributed by atoms with Gasteiger partial charge in [0.15, 0.2) is 0 Å². The molecule has 0 aromatic heterocycles. The van der Waals surface area contributed by atoms with E-state index in [0.717, 1.165) is 19.8 Å². The molecule has 0 aliphatic rings. The predicted molar refractivity (Wildman–Crippen MR) is 59.7 cm³/mol. The van der Waals surface area contributed by atoms with Crippen LogP contribution in [0.3, 0.4) is 0 Å². The van der Waals surface area contributed by atoms with E-state index >= 15 is 0 Å². The van der Waals surface area contributed by atoms with Gasteiger partial charge in [-0.3, -0.25) is 0 Å². The summed E-state index contributed by atoms with van der Waals surface area (Å²) in [6.07, 6.45) is 0.191. The van der Waals surface area contributed by atoms with Crippen molar-refractivity contribution in [3.8, 4) is 0 Å². The summed E-state index contributed by atoms with van der Waals surface area (Å²) in [6.45, 7) is 13.6. The zero-order valence-corrected chi connectivity index (χ0v) is 10.2. The zero-order valence-electron chi connectivity index (χ0n) is 10.2. The van der Waals surface area contributed by atoms with Gasteiger partial charge >= 0.3 is 0 Å². The summed E-state index contributed by atoms with van der Waals surface area (Å²) in [5, 5.41) is 3.37. The third kappa shape index (κ3) is 9.96. The molecule has 0 fully saturated rings. The minimum atomic E-state index is 0.173. The fourth-order valence-corrected chi connectivity index (χ4v) is 1.02. The second kappa shape index (κ2) is 7.21. The van der Waals surface area contributed by atoms with E-state index in [-0.39, 0.29) is 11.6 Å². The van der Waals surface area contributed by atoms with Crippen molar-refractivity contribution in [3.05, 3.63) is 0 Å². The van der Waals surface area contributed by atoms with Crippen LogP contribution in [0.25, 0.3) is 0 Å². The van der Waals surface area contributed by atoms with Crippen LogP contribution in [0.5, 0.6) is 0 Å². The van der Waals surface area contributed by atoms with Crippen LogP contribution < -0.4 is 5.32 Å². The van der Waals surface area contributed by atoms with Crippen molar-refractivity contribution in [2.45, 2.75) is 46.3 Å². The van der Waals surface area contributed by atoms with Gasteiger partial charge in [-0.2, -0.15) is 0 Å².